The maximum absolute atomic E-state index is 2.44. The van der Waals surface area contributed by atoms with E-state index in [1.807, 2.05) is 0 Å². The molecule has 0 fully saturated rings. The molecule has 1 unspecified atom stereocenters. The molecular weight excluding hydrogens is 294 g/mol. The molecule has 0 amide bonds. The van der Waals surface area contributed by atoms with Crippen LogP contribution in [0, 0.1) is 0 Å². The van der Waals surface area contributed by atoms with Crippen LogP contribution in [0.2, 0.25) is 10.3 Å². The number of rotatable bonds is 0. The molecule has 0 aromatic rings. The molecule has 1 atom stereocenters. The van der Waals surface area contributed by atoms with Gasteiger partial charge >= 0.3 is 92.4 Å². The predicted octanol–water partition coefficient (Wildman–Crippen LogP) is 4.94. The van der Waals surface area contributed by atoms with Gasteiger partial charge in [0.1, 0.15) is 0 Å². The molecule has 0 N–H and O–H groups in total. The van der Waals surface area contributed by atoms with Crippen molar-refractivity contribution in [1.29, 1.82) is 0 Å². The summed E-state index contributed by atoms with van der Waals surface area (Å²) >= 11 is -1.43. The van der Waals surface area contributed by atoms with E-state index in [-0.39, 0.29) is 9.90 Å². The summed E-state index contributed by atoms with van der Waals surface area (Å²) in [5.74, 6) is 0. The van der Waals surface area contributed by atoms with E-state index in [1.165, 1.54) is 0 Å². The van der Waals surface area contributed by atoms with Gasteiger partial charge in [0, 0.05) is 0 Å². The van der Waals surface area contributed by atoms with Crippen LogP contribution in [0.15, 0.2) is 0 Å². The van der Waals surface area contributed by atoms with E-state index in [9.17, 15) is 0 Å². The van der Waals surface area contributed by atoms with Crippen molar-refractivity contribution in [3.8, 4) is 0 Å². The second-order valence-electron chi connectivity index (χ2n) is 7.12. The van der Waals surface area contributed by atoms with Crippen molar-refractivity contribution in [2.24, 2.45) is 0 Å². The molecule has 0 aliphatic rings. The standard InChI is InChI=1S/3C4H9.H3P.Sn/c3*1-4(2)3;;/h3*1-3H3;1H3;. The van der Waals surface area contributed by atoms with Gasteiger partial charge in [0.25, 0.3) is 0 Å². The van der Waals surface area contributed by atoms with Crippen LogP contribution >= 0.6 is 9.90 Å². The molecule has 0 aliphatic carbocycles. The molecule has 1 radical (unpaired) electrons. The largest absolute Gasteiger partial charge is 0.153 e. The summed E-state index contributed by atoms with van der Waals surface area (Å²) in [6.07, 6.45) is 0. The van der Waals surface area contributed by atoms with Crippen molar-refractivity contribution in [2.45, 2.75) is 72.6 Å². The first kappa shape index (κ1) is 17.6. The predicted molar refractivity (Wildman–Crippen MR) is 76.0 cm³/mol. The van der Waals surface area contributed by atoms with E-state index in [0.29, 0.717) is 10.3 Å². The van der Waals surface area contributed by atoms with Gasteiger partial charge in [-0.25, -0.2) is 0 Å². The van der Waals surface area contributed by atoms with Crippen LogP contribution in [0.4, 0.5) is 0 Å². The zero-order chi connectivity index (χ0) is 11.1. The third-order valence-corrected chi connectivity index (χ3v) is 15.1. The first-order valence-electron chi connectivity index (χ1n) is 5.25. The van der Waals surface area contributed by atoms with Crippen molar-refractivity contribution in [1.82, 2.24) is 0 Å². The summed E-state index contributed by atoms with van der Waals surface area (Å²) in [6, 6.07) is 0. The minimum Gasteiger partial charge on any atom is -0.153 e. The van der Waals surface area contributed by atoms with Gasteiger partial charge in [-0.1, -0.05) is 0 Å². The molecule has 0 aromatic carbocycles. The first-order valence-corrected chi connectivity index (χ1v) is 9.53. The fourth-order valence-electron chi connectivity index (χ4n) is 3.38. The molecule has 0 aromatic heterocycles. The minimum absolute atomic E-state index is 0. The number of hydrogen-bond acceptors (Lipinski definition) is 0. The van der Waals surface area contributed by atoms with Crippen LogP contribution in [-0.2, 0) is 0 Å². The van der Waals surface area contributed by atoms with E-state index >= 15 is 0 Å². The average molecular weight is 324 g/mol. The van der Waals surface area contributed by atoms with Crippen LogP contribution in [0.25, 0.3) is 0 Å². The monoisotopic (exact) mass is 325 g/mol. The van der Waals surface area contributed by atoms with Crippen LogP contribution in [-0.4, -0.2) is 19.8 Å². The van der Waals surface area contributed by atoms with Crippen LogP contribution < -0.4 is 0 Å². The SMILES string of the molecule is C[C](C)(C)[Sn]([C](C)(C)C)[C](C)(C)C.P. The van der Waals surface area contributed by atoms with Gasteiger partial charge in [0.2, 0.25) is 0 Å². The molecule has 0 bridgehead atoms. The quantitative estimate of drug-likeness (QED) is 0.437. The minimum atomic E-state index is -1.43. The molecule has 0 rings (SSSR count). The van der Waals surface area contributed by atoms with E-state index < -0.39 is 19.8 Å². The summed E-state index contributed by atoms with van der Waals surface area (Å²) in [5.41, 5.74) is 0. The van der Waals surface area contributed by atoms with Gasteiger partial charge in [-0.05, 0) is 0 Å². The topological polar surface area (TPSA) is 0 Å². The Hall–Kier alpha value is 1.23. The smallest absolute Gasteiger partial charge is 0.153 e. The molecule has 0 heterocycles. The molecule has 0 saturated carbocycles. The Morgan fingerprint density at radius 3 is 0.643 bits per heavy atom. The molecule has 0 spiro atoms. The number of hydrogen-bond donors (Lipinski definition) is 0. The zero-order valence-electron chi connectivity index (χ0n) is 11.7. The van der Waals surface area contributed by atoms with Crippen LogP contribution in [0.3, 0.4) is 0 Å². The Morgan fingerprint density at radius 1 is 0.500 bits per heavy atom. The van der Waals surface area contributed by atoms with Crippen LogP contribution in [0.5, 0.6) is 0 Å². The van der Waals surface area contributed by atoms with Gasteiger partial charge in [-0.3, -0.25) is 0 Å². The second kappa shape index (κ2) is 5.04. The third-order valence-electron chi connectivity index (χ3n) is 2.25. The van der Waals surface area contributed by atoms with Crippen LogP contribution in [0.1, 0.15) is 62.3 Å². The van der Waals surface area contributed by atoms with Gasteiger partial charge in [0.15, 0.2) is 0 Å². The van der Waals surface area contributed by atoms with Crippen molar-refractivity contribution in [3.05, 3.63) is 0 Å². The first-order chi connectivity index (χ1) is 5.37. The molecule has 0 aliphatic heterocycles. The van der Waals surface area contributed by atoms with E-state index in [0.717, 1.165) is 0 Å². The van der Waals surface area contributed by atoms with Gasteiger partial charge in [0.05, 0.1) is 0 Å². The fourth-order valence-corrected chi connectivity index (χ4v) is 22.6. The van der Waals surface area contributed by atoms with Gasteiger partial charge in [-0.15, -0.1) is 0 Å². The molecular formula is C12H30PSn. The molecule has 87 valence electrons. The van der Waals surface area contributed by atoms with Gasteiger partial charge < -0.3 is 0 Å². The molecule has 0 saturated heterocycles. The molecule has 0 nitrogen and oxygen atoms in total. The maximum Gasteiger partial charge on any atom is -0.153 e. The average Bonchev–Trinajstić information content (AvgIpc) is 1.44. The Bertz CT molecular complexity index is 133. The maximum atomic E-state index is 2.44. The van der Waals surface area contributed by atoms with Crippen molar-refractivity contribution in [2.75, 3.05) is 0 Å². The van der Waals surface area contributed by atoms with Crippen molar-refractivity contribution < 1.29 is 0 Å². The molecule has 2 heteroatoms. The third kappa shape index (κ3) is 5.35. The zero-order valence-corrected chi connectivity index (χ0v) is 16.0. The van der Waals surface area contributed by atoms with Gasteiger partial charge in [-0.2, -0.15) is 9.90 Å². The van der Waals surface area contributed by atoms with Crippen molar-refractivity contribution in [3.63, 3.8) is 0 Å². The van der Waals surface area contributed by atoms with E-state index in [4.69, 9.17) is 0 Å². The Morgan fingerprint density at radius 2 is 0.643 bits per heavy atom. The second-order valence-corrected chi connectivity index (χ2v) is 22.1. The summed E-state index contributed by atoms with van der Waals surface area (Å²) in [7, 11) is 0. The Kier molecular flexibility index (Phi) is 6.34. The summed E-state index contributed by atoms with van der Waals surface area (Å²) < 4.78 is 1.75. The summed E-state index contributed by atoms with van der Waals surface area (Å²) in [5, 5.41) is 0. The Labute approximate surface area is 102 Å². The molecule has 14 heavy (non-hydrogen) atoms. The van der Waals surface area contributed by atoms with Crippen molar-refractivity contribution >= 4 is 29.7 Å². The Balaban J connectivity index is 0. The van der Waals surface area contributed by atoms with E-state index in [2.05, 4.69) is 62.3 Å². The summed E-state index contributed by atoms with van der Waals surface area (Å²) in [4.78, 5) is 0. The summed E-state index contributed by atoms with van der Waals surface area (Å²) in [6.45, 7) is 22.0. The normalized spacial score (nSPS) is 14.1. The fraction of sp³-hybridized carbons (Fsp3) is 1.00. The van der Waals surface area contributed by atoms with E-state index in [1.54, 1.807) is 0 Å².